The molecule has 3 saturated heterocycles. The summed E-state index contributed by atoms with van der Waals surface area (Å²) in [4.78, 5) is 23.6. The van der Waals surface area contributed by atoms with E-state index in [0.717, 1.165) is 41.7 Å². The number of rotatable bonds is 3. The minimum atomic E-state index is -0.250. The van der Waals surface area contributed by atoms with Crippen LogP contribution in [0.2, 0.25) is 0 Å². The Morgan fingerprint density at radius 1 is 1.29 bits per heavy atom. The van der Waals surface area contributed by atoms with Gasteiger partial charge in [-0.15, -0.1) is 0 Å². The molecule has 2 bridgehead atoms. The molecule has 1 aromatic carbocycles. The van der Waals surface area contributed by atoms with Crippen molar-refractivity contribution in [3.8, 4) is 11.1 Å². The maximum absolute atomic E-state index is 12.8. The van der Waals surface area contributed by atoms with Crippen LogP contribution in [-0.4, -0.2) is 58.3 Å². The molecule has 0 aliphatic carbocycles. The zero-order valence-electron chi connectivity index (χ0n) is 15.3. The van der Waals surface area contributed by atoms with Crippen molar-refractivity contribution in [3.63, 3.8) is 0 Å². The van der Waals surface area contributed by atoms with E-state index < -0.39 is 0 Å². The van der Waals surface area contributed by atoms with E-state index in [1.54, 1.807) is 12.5 Å². The number of furan rings is 1. The first-order chi connectivity index (χ1) is 13.7. The Balaban J connectivity index is 0.000000604. The Morgan fingerprint density at radius 3 is 2.71 bits per heavy atom. The van der Waals surface area contributed by atoms with Crippen LogP contribution in [0.4, 0.5) is 0 Å². The van der Waals surface area contributed by atoms with Crippen molar-refractivity contribution in [2.75, 3.05) is 19.6 Å². The third kappa shape index (κ3) is 3.50. The molecule has 146 valence electrons. The van der Waals surface area contributed by atoms with Crippen molar-refractivity contribution in [1.82, 2.24) is 20.4 Å². The van der Waals surface area contributed by atoms with Crippen LogP contribution in [-0.2, 0) is 4.79 Å². The van der Waals surface area contributed by atoms with Gasteiger partial charge in [-0.1, -0.05) is 6.07 Å². The quantitative estimate of drug-likeness (QED) is 0.600. The second-order valence-corrected chi connectivity index (χ2v) is 7.17. The van der Waals surface area contributed by atoms with E-state index in [1.165, 1.54) is 12.8 Å². The monoisotopic (exact) mass is 382 g/mol. The van der Waals surface area contributed by atoms with Crippen LogP contribution in [0, 0.1) is 5.92 Å². The van der Waals surface area contributed by atoms with Crippen LogP contribution in [0.25, 0.3) is 22.0 Å². The topological polar surface area (TPSA) is 111 Å². The lowest BCUT2D eigenvalue weighted by atomic mass is 9.84. The normalized spacial score (nSPS) is 23.1. The van der Waals surface area contributed by atoms with Gasteiger partial charge in [-0.05, 0) is 55.6 Å². The Morgan fingerprint density at radius 2 is 2.07 bits per heavy atom. The van der Waals surface area contributed by atoms with Crippen molar-refractivity contribution in [2.24, 2.45) is 5.92 Å². The number of H-pyrrole nitrogens is 1. The molecule has 8 nitrogen and oxygen atoms in total. The molecule has 6 rings (SSSR count). The van der Waals surface area contributed by atoms with Gasteiger partial charge in [-0.25, -0.2) is 0 Å². The molecule has 1 atom stereocenters. The highest BCUT2D eigenvalue weighted by atomic mass is 16.3. The number of carbonyl (C=O) groups is 2. The summed E-state index contributed by atoms with van der Waals surface area (Å²) in [6.07, 6.45) is 5.71. The maximum Gasteiger partial charge on any atom is 0.290 e. The summed E-state index contributed by atoms with van der Waals surface area (Å²) in [5.74, 6) is 0.509. The molecule has 3 aromatic rings. The molecule has 2 aromatic heterocycles. The highest BCUT2D eigenvalue weighted by Gasteiger charge is 2.35. The average Bonchev–Trinajstić information content (AvgIpc) is 3.39. The van der Waals surface area contributed by atoms with Crippen molar-refractivity contribution < 1.29 is 19.1 Å². The second-order valence-electron chi connectivity index (χ2n) is 7.17. The molecule has 3 aliphatic rings. The number of carboxylic acid groups (broad SMARTS) is 1. The minimum Gasteiger partial charge on any atom is -0.483 e. The van der Waals surface area contributed by atoms with Crippen LogP contribution in [0.3, 0.4) is 0 Å². The first-order valence-electron chi connectivity index (χ1n) is 9.31. The van der Waals surface area contributed by atoms with Crippen LogP contribution < -0.4 is 5.32 Å². The number of piperidine rings is 3. The summed E-state index contributed by atoms with van der Waals surface area (Å²) in [5.41, 5.74) is 3.34. The van der Waals surface area contributed by atoms with Gasteiger partial charge in [0.25, 0.3) is 12.4 Å². The molecule has 0 radical (unpaired) electrons. The molecule has 3 aliphatic heterocycles. The summed E-state index contributed by atoms with van der Waals surface area (Å²) < 4.78 is 5.16. The van der Waals surface area contributed by atoms with E-state index in [-0.39, 0.29) is 18.4 Å². The van der Waals surface area contributed by atoms with E-state index >= 15 is 0 Å². The number of nitrogens with one attached hydrogen (secondary N) is 2. The van der Waals surface area contributed by atoms with Crippen LogP contribution in [0.5, 0.6) is 0 Å². The fourth-order valence-electron chi connectivity index (χ4n) is 4.16. The number of hydrogen-bond acceptors (Lipinski definition) is 5. The molecule has 5 heterocycles. The van der Waals surface area contributed by atoms with Gasteiger partial charge < -0.3 is 19.7 Å². The Bertz CT molecular complexity index is 958. The van der Waals surface area contributed by atoms with E-state index in [2.05, 4.69) is 20.4 Å². The number of aromatic nitrogens is 2. The van der Waals surface area contributed by atoms with Gasteiger partial charge in [0.05, 0.1) is 18.0 Å². The SMILES string of the molecule is O=C(N[C@H]1CN2CCC1CC2)c1n[nH]c2ccc(-c3ccoc3)cc12.O=CO. The van der Waals surface area contributed by atoms with Crippen LogP contribution in [0.15, 0.2) is 41.2 Å². The lowest BCUT2D eigenvalue weighted by molar-refractivity contribution is -0.122. The van der Waals surface area contributed by atoms with Crippen molar-refractivity contribution in [1.29, 1.82) is 0 Å². The number of amides is 1. The standard InChI is InChI=1S/C19H20N4O2.CH2O2/c24-19(20-17-10-23-6-3-12(17)4-7-23)18-15-9-13(14-5-8-25-11-14)1-2-16(15)21-22-18;2-1-3/h1-2,5,8-9,11-12,17H,3-4,6-7,10H2,(H,20,24)(H,21,22);1H,(H,2,3)/t17-;/m0./s1. The van der Waals surface area contributed by atoms with E-state index in [4.69, 9.17) is 14.3 Å². The Labute approximate surface area is 161 Å². The van der Waals surface area contributed by atoms with Gasteiger partial charge in [0.1, 0.15) is 0 Å². The molecule has 8 heteroatoms. The van der Waals surface area contributed by atoms with Gasteiger partial charge >= 0.3 is 0 Å². The first kappa shape index (κ1) is 18.2. The number of hydrogen-bond donors (Lipinski definition) is 3. The van der Waals surface area contributed by atoms with Gasteiger partial charge in [0.2, 0.25) is 0 Å². The van der Waals surface area contributed by atoms with Gasteiger partial charge in [-0.3, -0.25) is 14.7 Å². The Kier molecular flexibility index (Phi) is 5.12. The number of benzene rings is 1. The highest BCUT2D eigenvalue weighted by Crippen LogP contribution is 2.29. The number of carbonyl (C=O) groups excluding carboxylic acids is 1. The molecule has 1 amide bonds. The molecule has 0 saturated carbocycles. The summed E-state index contributed by atoms with van der Waals surface area (Å²) in [5, 5.41) is 18.2. The zero-order chi connectivity index (χ0) is 19.5. The number of fused-ring (bicyclic) bond motifs is 4. The molecular weight excluding hydrogens is 360 g/mol. The molecule has 0 spiro atoms. The first-order valence-corrected chi connectivity index (χ1v) is 9.31. The van der Waals surface area contributed by atoms with Crippen molar-refractivity contribution in [3.05, 3.63) is 42.5 Å². The third-order valence-electron chi connectivity index (χ3n) is 5.61. The zero-order valence-corrected chi connectivity index (χ0v) is 15.3. The van der Waals surface area contributed by atoms with Crippen molar-refractivity contribution >= 4 is 23.3 Å². The highest BCUT2D eigenvalue weighted by molar-refractivity contribution is 6.05. The average molecular weight is 382 g/mol. The number of aromatic amines is 1. The molecule has 3 N–H and O–H groups in total. The Hall–Kier alpha value is -3.13. The molecule has 0 unspecified atom stereocenters. The summed E-state index contributed by atoms with van der Waals surface area (Å²) in [6.45, 7) is 3.03. The second kappa shape index (κ2) is 7.85. The fraction of sp³-hybridized carbons (Fsp3) is 0.350. The van der Waals surface area contributed by atoms with Gasteiger partial charge in [-0.2, -0.15) is 5.10 Å². The predicted octanol–water partition coefficient (Wildman–Crippen LogP) is 2.35. The summed E-state index contributed by atoms with van der Waals surface area (Å²) >= 11 is 0. The van der Waals surface area contributed by atoms with Gasteiger partial charge in [0, 0.05) is 23.5 Å². The summed E-state index contributed by atoms with van der Waals surface area (Å²) in [6, 6.07) is 8.10. The predicted molar refractivity (Wildman–Crippen MR) is 103 cm³/mol. The molecular formula is C20H22N4O4. The number of nitrogens with zero attached hydrogens (tertiary/aromatic N) is 2. The lowest BCUT2D eigenvalue weighted by Gasteiger charge is -2.44. The molecule has 28 heavy (non-hydrogen) atoms. The van der Waals surface area contributed by atoms with Gasteiger partial charge in [0.15, 0.2) is 5.69 Å². The van der Waals surface area contributed by atoms with E-state index in [1.807, 2.05) is 24.3 Å². The minimum absolute atomic E-state index is 0.0886. The fourth-order valence-corrected chi connectivity index (χ4v) is 4.16. The smallest absolute Gasteiger partial charge is 0.290 e. The van der Waals surface area contributed by atoms with E-state index in [0.29, 0.717) is 11.6 Å². The maximum atomic E-state index is 12.8. The third-order valence-corrected chi connectivity index (χ3v) is 5.61. The van der Waals surface area contributed by atoms with E-state index in [9.17, 15) is 4.79 Å². The lowest BCUT2D eigenvalue weighted by Crippen LogP contribution is -2.57. The van der Waals surface area contributed by atoms with Crippen LogP contribution >= 0.6 is 0 Å². The molecule has 3 fully saturated rings. The van der Waals surface area contributed by atoms with Crippen LogP contribution in [0.1, 0.15) is 23.3 Å². The largest absolute Gasteiger partial charge is 0.483 e. The summed E-state index contributed by atoms with van der Waals surface area (Å²) in [7, 11) is 0. The van der Waals surface area contributed by atoms with Crippen molar-refractivity contribution in [2.45, 2.75) is 18.9 Å².